The van der Waals surface area contributed by atoms with Gasteiger partial charge in [0.1, 0.15) is 6.61 Å². The number of ether oxygens (including phenoxy) is 1. The molecule has 0 aromatic carbocycles. The maximum atomic E-state index is 10.3. The van der Waals surface area contributed by atoms with E-state index in [1.54, 1.807) is 0 Å². The maximum absolute atomic E-state index is 10.3. The molecule has 0 fully saturated rings. The van der Waals surface area contributed by atoms with E-state index in [-0.39, 0.29) is 64.6 Å². The third-order valence-corrected chi connectivity index (χ3v) is 1.27. The number of hydrogen-bond acceptors (Lipinski definition) is 4. The molecular weight excluding hydrogens is 226 g/mol. The summed E-state index contributed by atoms with van der Waals surface area (Å²) in [4.78, 5) is 26.7. The van der Waals surface area contributed by atoms with Gasteiger partial charge in [0.2, 0.25) is 0 Å². The predicted molar refractivity (Wildman–Crippen MR) is 46.3 cm³/mol. The Balaban J connectivity index is 0. The molecule has 0 heterocycles. The van der Waals surface area contributed by atoms with Crippen LogP contribution in [0, 0.1) is 0 Å². The Morgan fingerprint density at radius 2 is 2.00 bits per heavy atom. The van der Waals surface area contributed by atoms with Crippen LogP contribution in [-0.4, -0.2) is 80.4 Å². The second-order valence-corrected chi connectivity index (χ2v) is 2.93. The van der Waals surface area contributed by atoms with Crippen LogP contribution >= 0.6 is 7.82 Å². The molecule has 0 aliphatic carbocycles. The molecule has 6 nitrogen and oxygen atoms in total. The van der Waals surface area contributed by atoms with Crippen molar-refractivity contribution >= 4 is 65.2 Å². The average molecular weight is 236 g/mol. The number of phosphoric ester groups is 1. The zero-order valence-corrected chi connectivity index (χ0v) is 7.07. The van der Waals surface area contributed by atoms with Gasteiger partial charge in [-0.1, -0.05) is 6.58 Å². The quantitative estimate of drug-likeness (QED) is 0.213. The van der Waals surface area contributed by atoms with Crippen LogP contribution in [0.4, 0.5) is 0 Å². The van der Waals surface area contributed by atoms with Crippen LogP contribution in [0.5, 0.6) is 0 Å². The number of rotatable bonds is 5. The number of phosphoric acid groups is 1. The molecule has 0 amide bonds. The van der Waals surface area contributed by atoms with Crippen molar-refractivity contribution < 1.29 is 28.4 Å². The normalized spacial score (nSPS) is 10.0. The van der Waals surface area contributed by atoms with Crippen LogP contribution in [-0.2, 0) is 18.6 Å². The molecule has 13 heavy (non-hydrogen) atoms. The molecule has 0 atom stereocenters. The Morgan fingerprint density at radius 1 is 1.46 bits per heavy atom. The zero-order chi connectivity index (χ0) is 9.61. The molecule has 0 bridgehead atoms. The van der Waals surface area contributed by atoms with Crippen molar-refractivity contribution in [3.8, 4) is 0 Å². The standard InChI is InChI=1S/C5H9O6P.K.H/c1-2-5(6)10-3-4-11-12(7,8)9;;/h2H,1,3-4H2,(H2,7,8,9);;. The van der Waals surface area contributed by atoms with Gasteiger partial charge in [-0.05, 0) is 0 Å². The summed E-state index contributed by atoms with van der Waals surface area (Å²) in [7, 11) is -4.45. The van der Waals surface area contributed by atoms with Gasteiger partial charge in [0.25, 0.3) is 0 Å². The number of esters is 1. The molecule has 8 heteroatoms. The first-order valence-electron chi connectivity index (χ1n) is 2.95. The molecule has 0 spiro atoms. The van der Waals surface area contributed by atoms with Crippen LogP contribution in [0.2, 0.25) is 0 Å². The van der Waals surface area contributed by atoms with Crippen molar-refractivity contribution in [2.45, 2.75) is 0 Å². The molecule has 0 aromatic heterocycles. The topological polar surface area (TPSA) is 93.1 Å². The monoisotopic (exact) mass is 236 g/mol. The Kier molecular flexibility index (Phi) is 10.4. The first-order valence-corrected chi connectivity index (χ1v) is 4.48. The Morgan fingerprint density at radius 3 is 2.38 bits per heavy atom. The number of hydrogen-bond donors (Lipinski definition) is 2. The van der Waals surface area contributed by atoms with E-state index in [1.165, 1.54) is 0 Å². The van der Waals surface area contributed by atoms with Gasteiger partial charge in [-0.15, -0.1) is 0 Å². The molecule has 0 aliphatic heterocycles. The van der Waals surface area contributed by atoms with Crippen LogP contribution < -0.4 is 0 Å². The van der Waals surface area contributed by atoms with Crippen molar-refractivity contribution in [2.24, 2.45) is 0 Å². The van der Waals surface area contributed by atoms with Crippen LogP contribution in [0.25, 0.3) is 0 Å². The second kappa shape index (κ2) is 8.28. The fourth-order valence-electron chi connectivity index (χ4n) is 0.357. The molecule has 0 unspecified atom stereocenters. The van der Waals surface area contributed by atoms with E-state index in [0.717, 1.165) is 6.08 Å². The molecule has 0 rings (SSSR count). The third-order valence-electron chi connectivity index (χ3n) is 0.754. The van der Waals surface area contributed by atoms with E-state index in [0.29, 0.717) is 0 Å². The van der Waals surface area contributed by atoms with Gasteiger partial charge in [-0.2, -0.15) is 0 Å². The first kappa shape index (κ1) is 16.4. The van der Waals surface area contributed by atoms with Crippen LogP contribution in [0.15, 0.2) is 12.7 Å². The van der Waals surface area contributed by atoms with E-state index >= 15 is 0 Å². The minimum atomic E-state index is -4.45. The zero-order valence-electron chi connectivity index (χ0n) is 6.17. The minimum absolute atomic E-state index is 0. The third kappa shape index (κ3) is 13.0. The van der Waals surface area contributed by atoms with Crippen molar-refractivity contribution in [1.29, 1.82) is 0 Å². The number of carbonyl (C=O) groups excluding carboxylic acids is 1. The summed E-state index contributed by atoms with van der Waals surface area (Å²) in [6.45, 7) is 2.56. The summed E-state index contributed by atoms with van der Waals surface area (Å²) in [5, 5.41) is 0. The van der Waals surface area contributed by atoms with Gasteiger partial charge in [0, 0.05) is 6.08 Å². The summed E-state index contributed by atoms with van der Waals surface area (Å²) in [6.07, 6.45) is 0.942. The molecule has 72 valence electrons. The summed E-state index contributed by atoms with van der Waals surface area (Å²) in [5.74, 6) is -0.663. The first-order chi connectivity index (χ1) is 5.45. The van der Waals surface area contributed by atoms with E-state index in [2.05, 4.69) is 15.8 Å². The van der Waals surface area contributed by atoms with E-state index in [1.807, 2.05) is 0 Å². The van der Waals surface area contributed by atoms with Gasteiger partial charge >= 0.3 is 65.2 Å². The van der Waals surface area contributed by atoms with Gasteiger partial charge in [0.15, 0.2) is 0 Å². The number of carbonyl (C=O) groups is 1. The van der Waals surface area contributed by atoms with Gasteiger partial charge < -0.3 is 14.5 Å². The van der Waals surface area contributed by atoms with Crippen molar-refractivity contribution in [1.82, 2.24) is 0 Å². The van der Waals surface area contributed by atoms with E-state index in [4.69, 9.17) is 9.79 Å². The Bertz CT molecular complexity index is 211. The molecule has 0 radical (unpaired) electrons. The summed E-state index contributed by atoms with van der Waals surface area (Å²) < 4.78 is 18.4. The average Bonchev–Trinajstić information content (AvgIpc) is 1.96. The molecule has 0 aliphatic rings. The SMILES string of the molecule is C=CC(=O)OCCOP(=O)(O)O.[KH]. The summed E-state index contributed by atoms with van der Waals surface area (Å²) in [5.41, 5.74) is 0. The predicted octanol–water partition coefficient (Wildman–Crippen LogP) is -0.824. The van der Waals surface area contributed by atoms with Gasteiger partial charge in [-0.25, -0.2) is 9.36 Å². The molecule has 0 saturated carbocycles. The molecule has 2 N–H and O–H groups in total. The Labute approximate surface area is 118 Å². The summed E-state index contributed by atoms with van der Waals surface area (Å²) in [6, 6.07) is 0. The van der Waals surface area contributed by atoms with Crippen LogP contribution in [0.3, 0.4) is 0 Å². The van der Waals surface area contributed by atoms with Crippen molar-refractivity contribution in [2.75, 3.05) is 13.2 Å². The fraction of sp³-hybridized carbons (Fsp3) is 0.400. The summed E-state index contributed by atoms with van der Waals surface area (Å²) >= 11 is 0. The van der Waals surface area contributed by atoms with Crippen LogP contribution in [0.1, 0.15) is 0 Å². The fourth-order valence-corrected chi connectivity index (χ4v) is 0.670. The molecule has 0 saturated heterocycles. The molecular formula is C5H10KO6P. The second-order valence-electron chi connectivity index (χ2n) is 1.70. The van der Waals surface area contributed by atoms with Crippen molar-refractivity contribution in [3.63, 3.8) is 0 Å². The van der Waals surface area contributed by atoms with Gasteiger partial charge in [-0.3, -0.25) is 4.52 Å². The van der Waals surface area contributed by atoms with E-state index < -0.39 is 13.8 Å². The van der Waals surface area contributed by atoms with Gasteiger partial charge in [0.05, 0.1) is 6.61 Å². The van der Waals surface area contributed by atoms with E-state index in [9.17, 15) is 9.36 Å². The Hall–Kier alpha value is 0.956. The molecule has 0 aromatic rings. The van der Waals surface area contributed by atoms with Crippen molar-refractivity contribution in [3.05, 3.63) is 12.7 Å².